The molecule has 3 aromatic rings. The van der Waals surface area contributed by atoms with E-state index in [1.54, 1.807) is 43.5 Å². The van der Waals surface area contributed by atoms with Gasteiger partial charge in [-0.05, 0) is 43.3 Å². The van der Waals surface area contributed by atoms with Gasteiger partial charge in [-0.3, -0.25) is 9.78 Å². The molecule has 5 heteroatoms. The van der Waals surface area contributed by atoms with Gasteiger partial charge in [-0.15, -0.1) is 0 Å². The Kier molecular flexibility index (Phi) is 3.31. The van der Waals surface area contributed by atoms with Crippen molar-refractivity contribution in [3.05, 3.63) is 65.7 Å². The SMILES string of the molecule is Cc1cc(C(=O)Nc2ccccn2)c2cc(F)ccc2n1. The Morgan fingerprint density at radius 3 is 2.81 bits per heavy atom. The van der Waals surface area contributed by atoms with Gasteiger partial charge in [0.05, 0.1) is 11.1 Å². The van der Waals surface area contributed by atoms with E-state index >= 15 is 0 Å². The smallest absolute Gasteiger partial charge is 0.257 e. The number of nitrogens with one attached hydrogen (secondary N) is 1. The molecule has 2 aromatic heterocycles. The molecule has 4 nitrogen and oxygen atoms in total. The summed E-state index contributed by atoms with van der Waals surface area (Å²) < 4.78 is 13.4. The highest BCUT2D eigenvalue weighted by atomic mass is 19.1. The normalized spacial score (nSPS) is 10.6. The molecule has 0 aliphatic carbocycles. The molecule has 3 rings (SSSR count). The number of carbonyl (C=O) groups excluding carboxylic acids is 1. The summed E-state index contributed by atoms with van der Waals surface area (Å²) in [5.41, 5.74) is 1.66. The van der Waals surface area contributed by atoms with Gasteiger partial charge in [0.25, 0.3) is 5.91 Å². The van der Waals surface area contributed by atoms with E-state index in [0.29, 0.717) is 28.0 Å². The molecule has 0 aliphatic rings. The largest absolute Gasteiger partial charge is 0.307 e. The molecule has 0 fully saturated rings. The fourth-order valence-electron chi connectivity index (χ4n) is 2.14. The quantitative estimate of drug-likeness (QED) is 0.784. The molecule has 0 saturated heterocycles. The lowest BCUT2D eigenvalue weighted by Gasteiger charge is -2.08. The molecule has 0 radical (unpaired) electrons. The molecule has 104 valence electrons. The van der Waals surface area contributed by atoms with Crippen molar-refractivity contribution in [1.29, 1.82) is 0 Å². The first kappa shape index (κ1) is 13.2. The Morgan fingerprint density at radius 2 is 2.05 bits per heavy atom. The zero-order chi connectivity index (χ0) is 14.8. The summed E-state index contributed by atoms with van der Waals surface area (Å²) in [6, 6.07) is 11.1. The Balaban J connectivity index is 2.06. The van der Waals surface area contributed by atoms with Crippen LogP contribution < -0.4 is 5.32 Å². The van der Waals surface area contributed by atoms with Crippen LogP contribution in [0.3, 0.4) is 0 Å². The summed E-state index contributed by atoms with van der Waals surface area (Å²) in [5.74, 6) is -0.295. The zero-order valence-corrected chi connectivity index (χ0v) is 11.3. The number of carbonyl (C=O) groups is 1. The third-order valence-electron chi connectivity index (χ3n) is 3.05. The third kappa shape index (κ3) is 2.72. The lowest BCUT2D eigenvalue weighted by Crippen LogP contribution is -2.14. The van der Waals surface area contributed by atoms with Crippen LogP contribution in [0.2, 0.25) is 0 Å². The van der Waals surface area contributed by atoms with Crippen LogP contribution >= 0.6 is 0 Å². The second-order valence-corrected chi connectivity index (χ2v) is 4.64. The molecule has 0 unspecified atom stereocenters. The van der Waals surface area contributed by atoms with Gasteiger partial charge in [0.2, 0.25) is 0 Å². The van der Waals surface area contributed by atoms with E-state index in [1.807, 2.05) is 0 Å². The van der Waals surface area contributed by atoms with Crippen molar-refractivity contribution in [2.45, 2.75) is 6.92 Å². The number of amides is 1. The predicted molar refractivity (Wildman–Crippen MR) is 78.6 cm³/mol. The Bertz CT molecular complexity index is 818. The van der Waals surface area contributed by atoms with Gasteiger partial charge in [-0.25, -0.2) is 9.37 Å². The predicted octanol–water partition coefficient (Wildman–Crippen LogP) is 3.33. The van der Waals surface area contributed by atoms with Crippen molar-refractivity contribution in [2.75, 3.05) is 5.32 Å². The minimum absolute atomic E-state index is 0.338. The topological polar surface area (TPSA) is 54.9 Å². The number of pyridine rings is 2. The second kappa shape index (κ2) is 5.28. The van der Waals surface area contributed by atoms with Crippen molar-refractivity contribution >= 4 is 22.6 Å². The number of hydrogen-bond acceptors (Lipinski definition) is 3. The molecule has 0 bridgehead atoms. The molecular weight excluding hydrogens is 269 g/mol. The van der Waals surface area contributed by atoms with Gasteiger partial charge in [0.1, 0.15) is 11.6 Å². The molecule has 21 heavy (non-hydrogen) atoms. The van der Waals surface area contributed by atoms with Gasteiger partial charge >= 0.3 is 0 Å². The summed E-state index contributed by atoms with van der Waals surface area (Å²) in [7, 11) is 0. The average Bonchev–Trinajstić information content (AvgIpc) is 2.48. The first-order chi connectivity index (χ1) is 10.1. The molecule has 0 saturated carbocycles. The van der Waals surface area contributed by atoms with Crippen LogP contribution in [0.4, 0.5) is 10.2 Å². The molecule has 0 atom stereocenters. The van der Waals surface area contributed by atoms with E-state index in [4.69, 9.17) is 0 Å². The highest BCUT2D eigenvalue weighted by molar-refractivity contribution is 6.12. The molecule has 0 spiro atoms. The second-order valence-electron chi connectivity index (χ2n) is 4.64. The van der Waals surface area contributed by atoms with Crippen molar-refractivity contribution in [1.82, 2.24) is 9.97 Å². The van der Waals surface area contributed by atoms with E-state index in [9.17, 15) is 9.18 Å². The van der Waals surface area contributed by atoms with Gasteiger partial charge < -0.3 is 5.32 Å². The summed E-state index contributed by atoms with van der Waals surface area (Å²) >= 11 is 0. The van der Waals surface area contributed by atoms with Crippen molar-refractivity contribution in [2.24, 2.45) is 0 Å². The number of benzene rings is 1. The average molecular weight is 281 g/mol. The van der Waals surface area contributed by atoms with E-state index in [-0.39, 0.29) is 5.91 Å². The molecule has 1 aromatic carbocycles. The summed E-state index contributed by atoms with van der Waals surface area (Å²) in [4.78, 5) is 20.7. The Labute approximate surface area is 120 Å². The van der Waals surface area contributed by atoms with Crippen molar-refractivity contribution < 1.29 is 9.18 Å². The van der Waals surface area contributed by atoms with Crippen LogP contribution in [0.1, 0.15) is 16.1 Å². The van der Waals surface area contributed by atoms with Gasteiger partial charge in [0, 0.05) is 17.3 Å². The number of anilines is 1. The van der Waals surface area contributed by atoms with Crippen LogP contribution in [0.15, 0.2) is 48.7 Å². The first-order valence-corrected chi connectivity index (χ1v) is 6.43. The number of rotatable bonds is 2. The number of halogens is 1. The Morgan fingerprint density at radius 1 is 1.19 bits per heavy atom. The third-order valence-corrected chi connectivity index (χ3v) is 3.05. The summed E-state index contributed by atoms with van der Waals surface area (Å²) in [6.07, 6.45) is 1.59. The van der Waals surface area contributed by atoms with Crippen LogP contribution in [0, 0.1) is 12.7 Å². The lowest BCUT2D eigenvalue weighted by molar-refractivity contribution is 0.102. The maximum atomic E-state index is 13.4. The number of fused-ring (bicyclic) bond motifs is 1. The highest BCUT2D eigenvalue weighted by Gasteiger charge is 2.13. The van der Waals surface area contributed by atoms with Gasteiger partial charge in [0.15, 0.2) is 0 Å². The van der Waals surface area contributed by atoms with Crippen molar-refractivity contribution in [3.63, 3.8) is 0 Å². The number of nitrogens with zero attached hydrogens (tertiary/aromatic N) is 2. The monoisotopic (exact) mass is 281 g/mol. The van der Waals surface area contributed by atoms with E-state index in [1.165, 1.54) is 12.1 Å². The molecule has 0 aliphatic heterocycles. The minimum atomic E-state index is -0.403. The Hall–Kier alpha value is -2.82. The standard InChI is InChI=1S/C16H12FN3O/c1-10-8-13(12-9-11(17)5-6-14(12)19-10)16(21)20-15-4-2-3-7-18-15/h2-9H,1H3,(H,18,20,21). The van der Waals surface area contributed by atoms with Crippen LogP contribution in [0.25, 0.3) is 10.9 Å². The minimum Gasteiger partial charge on any atom is -0.307 e. The van der Waals surface area contributed by atoms with Crippen molar-refractivity contribution in [3.8, 4) is 0 Å². The fourth-order valence-corrected chi connectivity index (χ4v) is 2.14. The highest BCUT2D eigenvalue weighted by Crippen LogP contribution is 2.20. The van der Waals surface area contributed by atoms with Crippen LogP contribution in [-0.4, -0.2) is 15.9 Å². The fraction of sp³-hybridized carbons (Fsp3) is 0.0625. The van der Waals surface area contributed by atoms with E-state index in [0.717, 1.165) is 0 Å². The van der Waals surface area contributed by atoms with Crippen LogP contribution in [-0.2, 0) is 0 Å². The lowest BCUT2D eigenvalue weighted by atomic mass is 10.1. The molecule has 1 N–H and O–H groups in total. The maximum Gasteiger partial charge on any atom is 0.257 e. The molecule has 2 heterocycles. The maximum absolute atomic E-state index is 13.4. The van der Waals surface area contributed by atoms with Gasteiger partial charge in [-0.1, -0.05) is 6.07 Å². The number of aryl methyl sites for hydroxylation is 1. The van der Waals surface area contributed by atoms with E-state index < -0.39 is 5.82 Å². The molecular formula is C16H12FN3O. The number of aromatic nitrogens is 2. The van der Waals surface area contributed by atoms with Crippen LogP contribution in [0.5, 0.6) is 0 Å². The zero-order valence-electron chi connectivity index (χ0n) is 11.3. The summed E-state index contributed by atoms with van der Waals surface area (Å²) in [6.45, 7) is 1.79. The summed E-state index contributed by atoms with van der Waals surface area (Å²) in [5, 5.41) is 3.18. The van der Waals surface area contributed by atoms with E-state index in [2.05, 4.69) is 15.3 Å². The number of hydrogen-bond donors (Lipinski definition) is 1. The van der Waals surface area contributed by atoms with Gasteiger partial charge in [-0.2, -0.15) is 0 Å². The first-order valence-electron chi connectivity index (χ1n) is 6.43. The molecule has 1 amide bonds.